The highest BCUT2D eigenvalue weighted by atomic mass is 16.5. The SMILES string of the molecule is CN(C)c1nc(N)nc(NCCCOCCO)n1. The lowest BCUT2D eigenvalue weighted by atomic mass is 10.4. The van der Waals surface area contributed by atoms with Crippen LogP contribution >= 0.6 is 0 Å². The lowest BCUT2D eigenvalue weighted by Gasteiger charge is -2.12. The molecule has 0 fully saturated rings. The van der Waals surface area contributed by atoms with Gasteiger partial charge in [0.2, 0.25) is 17.8 Å². The van der Waals surface area contributed by atoms with E-state index < -0.39 is 0 Å². The Morgan fingerprint density at radius 3 is 2.72 bits per heavy atom. The Morgan fingerprint density at radius 2 is 2.06 bits per heavy atom. The minimum absolute atomic E-state index is 0.0453. The molecule has 0 spiro atoms. The maximum atomic E-state index is 8.53. The summed E-state index contributed by atoms with van der Waals surface area (Å²) in [5.41, 5.74) is 5.59. The van der Waals surface area contributed by atoms with Crippen molar-refractivity contribution < 1.29 is 9.84 Å². The number of aliphatic hydroxyl groups is 1. The van der Waals surface area contributed by atoms with Crippen molar-refractivity contribution in [1.29, 1.82) is 0 Å². The number of nitrogens with one attached hydrogen (secondary N) is 1. The van der Waals surface area contributed by atoms with Crippen molar-refractivity contribution in [3.63, 3.8) is 0 Å². The Balaban J connectivity index is 2.37. The molecule has 0 aliphatic carbocycles. The standard InChI is InChI=1S/C10H20N6O2/c1-16(2)10-14-8(11)13-9(15-10)12-4-3-6-18-7-5-17/h17H,3-7H2,1-2H3,(H3,11,12,13,14,15). The highest BCUT2D eigenvalue weighted by Gasteiger charge is 2.05. The van der Waals surface area contributed by atoms with Gasteiger partial charge in [-0.3, -0.25) is 0 Å². The molecule has 0 amide bonds. The third-order valence-electron chi connectivity index (χ3n) is 2.03. The van der Waals surface area contributed by atoms with Crippen LogP contribution in [-0.4, -0.2) is 60.5 Å². The van der Waals surface area contributed by atoms with Gasteiger partial charge in [0.25, 0.3) is 0 Å². The summed E-state index contributed by atoms with van der Waals surface area (Å²) in [4.78, 5) is 13.9. The zero-order valence-electron chi connectivity index (χ0n) is 10.8. The number of aliphatic hydroxyl groups excluding tert-OH is 1. The van der Waals surface area contributed by atoms with Crippen molar-refractivity contribution in [2.45, 2.75) is 6.42 Å². The highest BCUT2D eigenvalue weighted by molar-refractivity contribution is 5.40. The highest BCUT2D eigenvalue weighted by Crippen LogP contribution is 2.08. The molecule has 18 heavy (non-hydrogen) atoms. The van der Waals surface area contributed by atoms with E-state index >= 15 is 0 Å². The maximum absolute atomic E-state index is 8.53. The average Bonchev–Trinajstić information content (AvgIpc) is 2.33. The number of rotatable bonds is 8. The topological polar surface area (TPSA) is 109 Å². The molecule has 0 unspecified atom stereocenters. The van der Waals surface area contributed by atoms with E-state index in [4.69, 9.17) is 15.6 Å². The van der Waals surface area contributed by atoms with E-state index in [0.29, 0.717) is 31.7 Å². The van der Waals surface area contributed by atoms with Crippen LogP contribution in [-0.2, 0) is 4.74 Å². The molecular weight excluding hydrogens is 236 g/mol. The Kier molecular flexibility index (Phi) is 6.09. The number of nitrogen functional groups attached to an aromatic ring is 1. The molecule has 1 heterocycles. The molecule has 0 aromatic carbocycles. The molecule has 0 saturated carbocycles. The van der Waals surface area contributed by atoms with Crippen LogP contribution < -0.4 is 16.0 Å². The van der Waals surface area contributed by atoms with Gasteiger partial charge in [0, 0.05) is 27.2 Å². The van der Waals surface area contributed by atoms with E-state index in [-0.39, 0.29) is 12.6 Å². The van der Waals surface area contributed by atoms with E-state index in [0.717, 1.165) is 6.42 Å². The number of aromatic nitrogens is 3. The second kappa shape index (κ2) is 7.62. The molecule has 0 aliphatic heterocycles. The molecule has 0 radical (unpaired) electrons. The first-order valence-corrected chi connectivity index (χ1v) is 5.75. The van der Waals surface area contributed by atoms with Gasteiger partial charge in [-0.25, -0.2) is 0 Å². The molecule has 1 aromatic heterocycles. The first-order valence-electron chi connectivity index (χ1n) is 5.75. The largest absolute Gasteiger partial charge is 0.394 e. The van der Waals surface area contributed by atoms with Gasteiger partial charge >= 0.3 is 0 Å². The minimum Gasteiger partial charge on any atom is -0.394 e. The molecule has 4 N–H and O–H groups in total. The maximum Gasteiger partial charge on any atom is 0.231 e. The van der Waals surface area contributed by atoms with Gasteiger partial charge in [-0.15, -0.1) is 0 Å². The van der Waals surface area contributed by atoms with Crippen LogP contribution in [0, 0.1) is 0 Å². The van der Waals surface area contributed by atoms with Crippen LogP contribution in [0.25, 0.3) is 0 Å². The van der Waals surface area contributed by atoms with Crippen LogP contribution in [0.5, 0.6) is 0 Å². The van der Waals surface area contributed by atoms with Crippen molar-refractivity contribution in [3.8, 4) is 0 Å². The Bertz CT molecular complexity index is 360. The fraction of sp³-hybridized carbons (Fsp3) is 0.700. The van der Waals surface area contributed by atoms with E-state index in [1.165, 1.54) is 0 Å². The molecule has 0 aliphatic rings. The number of hydrogen-bond donors (Lipinski definition) is 3. The zero-order chi connectivity index (χ0) is 13.4. The van der Waals surface area contributed by atoms with Gasteiger partial charge in [0.15, 0.2) is 0 Å². The molecule has 1 aromatic rings. The number of anilines is 3. The minimum atomic E-state index is 0.0453. The van der Waals surface area contributed by atoms with Gasteiger partial charge < -0.3 is 25.8 Å². The Morgan fingerprint density at radius 1 is 1.28 bits per heavy atom. The average molecular weight is 256 g/mol. The zero-order valence-corrected chi connectivity index (χ0v) is 10.8. The summed E-state index contributed by atoms with van der Waals surface area (Å²) in [7, 11) is 3.67. The number of nitrogens with zero attached hydrogens (tertiary/aromatic N) is 4. The van der Waals surface area contributed by atoms with E-state index in [1.54, 1.807) is 4.90 Å². The summed E-state index contributed by atoms with van der Waals surface area (Å²) < 4.78 is 5.13. The quantitative estimate of drug-likeness (QED) is 0.525. The van der Waals surface area contributed by atoms with Gasteiger partial charge in [0.1, 0.15) is 0 Å². The first kappa shape index (κ1) is 14.4. The third-order valence-corrected chi connectivity index (χ3v) is 2.03. The second-order valence-electron chi connectivity index (χ2n) is 3.83. The summed E-state index contributed by atoms with van der Waals surface area (Å²) >= 11 is 0. The smallest absolute Gasteiger partial charge is 0.231 e. The van der Waals surface area contributed by atoms with Gasteiger partial charge in [-0.2, -0.15) is 15.0 Å². The number of nitrogens with two attached hydrogens (primary N) is 1. The van der Waals surface area contributed by atoms with Crippen LogP contribution in [0.15, 0.2) is 0 Å². The Labute approximate surface area is 106 Å². The van der Waals surface area contributed by atoms with Crippen molar-refractivity contribution in [2.24, 2.45) is 0 Å². The molecule has 1 rings (SSSR count). The van der Waals surface area contributed by atoms with Crippen molar-refractivity contribution >= 4 is 17.8 Å². The van der Waals surface area contributed by atoms with Crippen molar-refractivity contribution in [3.05, 3.63) is 0 Å². The second-order valence-corrected chi connectivity index (χ2v) is 3.83. The lowest BCUT2D eigenvalue weighted by Crippen LogP contribution is -2.17. The molecule has 8 nitrogen and oxygen atoms in total. The molecule has 0 bridgehead atoms. The van der Waals surface area contributed by atoms with Crippen molar-refractivity contribution in [1.82, 2.24) is 15.0 Å². The van der Waals surface area contributed by atoms with Gasteiger partial charge in [-0.05, 0) is 6.42 Å². The number of ether oxygens (including phenoxy) is 1. The predicted molar refractivity (Wildman–Crippen MR) is 69.6 cm³/mol. The van der Waals surface area contributed by atoms with E-state index in [9.17, 15) is 0 Å². The molecule has 8 heteroatoms. The van der Waals surface area contributed by atoms with Crippen molar-refractivity contribution in [2.75, 3.05) is 56.4 Å². The summed E-state index contributed by atoms with van der Waals surface area (Å²) in [5, 5.41) is 11.6. The summed E-state index contributed by atoms with van der Waals surface area (Å²) in [5.74, 6) is 1.16. The molecular formula is C10H20N6O2. The Hall–Kier alpha value is -1.67. The molecule has 0 atom stereocenters. The normalized spacial score (nSPS) is 10.4. The van der Waals surface area contributed by atoms with Crippen LogP contribution in [0.1, 0.15) is 6.42 Å². The summed E-state index contributed by atoms with van der Waals surface area (Å²) in [6.07, 6.45) is 0.795. The van der Waals surface area contributed by atoms with Crippen LogP contribution in [0.3, 0.4) is 0 Å². The fourth-order valence-electron chi connectivity index (χ4n) is 1.20. The molecule has 0 saturated heterocycles. The van der Waals surface area contributed by atoms with Gasteiger partial charge in [-0.1, -0.05) is 0 Å². The van der Waals surface area contributed by atoms with Gasteiger partial charge in [0.05, 0.1) is 13.2 Å². The summed E-state index contributed by atoms with van der Waals surface area (Å²) in [6, 6.07) is 0. The lowest BCUT2D eigenvalue weighted by molar-refractivity contribution is 0.0921. The number of hydrogen-bond acceptors (Lipinski definition) is 8. The fourth-order valence-corrected chi connectivity index (χ4v) is 1.20. The van der Waals surface area contributed by atoms with E-state index in [1.807, 2.05) is 14.1 Å². The third kappa shape index (κ3) is 5.11. The van der Waals surface area contributed by atoms with Crippen LogP contribution in [0.4, 0.5) is 17.8 Å². The summed E-state index contributed by atoms with van der Waals surface area (Å²) in [6.45, 7) is 1.66. The molecule has 102 valence electrons. The van der Waals surface area contributed by atoms with E-state index in [2.05, 4.69) is 20.3 Å². The van der Waals surface area contributed by atoms with Crippen LogP contribution in [0.2, 0.25) is 0 Å². The predicted octanol–water partition coefficient (Wildman–Crippen LogP) is -0.669. The first-order chi connectivity index (χ1) is 8.63. The monoisotopic (exact) mass is 256 g/mol.